The quantitative estimate of drug-likeness (QED) is 0.812. The second-order valence-electron chi connectivity index (χ2n) is 4.51. The lowest BCUT2D eigenvalue weighted by Crippen LogP contribution is -2.08. The molecule has 0 aromatic heterocycles. The average Bonchev–Trinajstić information content (AvgIpc) is 2.46. The molecule has 104 valence electrons. The van der Waals surface area contributed by atoms with Crippen LogP contribution in [0.15, 0.2) is 63.9 Å². The Morgan fingerprint density at radius 2 is 1.55 bits per heavy atom. The van der Waals surface area contributed by atoms with Crippen LogP contribution >= 0.6 is 0 Å². The Morgan fingerprint density at radius 1 is 0.950 bits per heavy atom. The van der Waals surface area contributed by atoms with Gasteiger partial charge in [-0.2, -0.15) is 12.8 Å². The molecule has 2 rings (SSSR count). The van der Waals surface area contributed by atoms with Gasteiger partial charge in [-0.3, -0.25) is 0 Å². The molecule has 0 saturated heterocycles. The highest BCUT2D eigenvalue weighted by atomic mass is 32.2. The maximum absolute atomic E-state index is 12.1. The van der Waals surface area contributed by atoms with E-state index in [9.17, 15) is 8.42 Å². The van der Waals surface area contributed by atoms with Gasteiger partial charge in [0.1, 0.15) is 0 Å². The molecule has 0 heterocycles. The first-order chi connectivity index (χ1) is 9.49. The van der Waals surface area contributed by atoms with Crippen LogP contribution in [0.1, 0.15) is 5.56 Å². The van der Waals surface area contributed by atoms with Crippen molar-refractivity contribution in [2.24, 2.45) is 4.40 Å². The summed E-state index contributed by atoms with van der Waals surface area (Å²) >= 11 is 0. The summed E-state index contributed by atoms with van der Waals surface area (Å²) in [5.74, 6) is 0. The van der Waals surface area contributed by atoms with Gasteiger partial charge in [-0.25, -0.2) is 0 Å². The van der Waals surface area contributed by atoms with E-state index in [1.165, 1.54) is 6.21 Å². The number of hydrogen-bond acceptors (Lipinski definition) is 3. The molecule has 0 aliphatic rings. The first-order valence-electron chi connectivity index (χ1n) is 6.12. The number of hydrogen-bond donors (Lipinski definition) is 0. The minimum absolute atomic E-state index is 0.190. The Balaban J connectivity index is 2.24. The maximum Gasteiger partial charge on any atom is 0.282 e. The molecule has 0 spiro atoms. The van der Waals surface area contributed by atoms with Crippen LogP contribution in [-0.4, -0.2) is 28.7 Å². The van der Waals surface area contributed by atoms with Crippen molar-refractivity contribution in [1.29, 1.82) is 0 Å². The molecule has 0 saturated carbocycles. The summed E-state index contributed by atoms with van der Waals surface area (Å²) in [5.41, 5.74) is 1.69. The van der Waals surface area contributed by atoms with E-state index < -0.39 is 10.0 Å². The van der Waals surface area contributed by atoms with E-state index in [0.717, 1.165) is 11.3 Å². The standard InChI is InChI=1S/C15H16N2O2S/c1-17(2)14-8-10-15(11-9-14)20(18,19)16-12-13-6-4-3-5-7-13/h3-12H,1-2H3/b16-12+. The van der Waals surface area contributed by atoms with Gasteiger partial charge in [0.25, 0.3) is 10.0 Å². The Labute approximate surface area is 119 Å². The lowest BCUT2D eigenvalue weighted by Gasteiger charge is -2.12. The van der Waals surface area contributed by atoms with Crippen molar-refractivity contribution in [2.75, 3.05) is 19.0 Å². The fourth-order valence-electron chi connectivity index (χ4n) is 1.65. The van der Waals surface area contributed by atoms with E-state index in [0.29, 0.717) is 0 Å². The average molecular weight is 288 g/mol. The molecular formula is C15H16N2O2S. The summed E-state index contributed by atoms with van der Waals surface area (Å²) in [6, 6.07) is 15.8. The van der Waals surface area contributed by atoms with Crippen LogP contribution in [0.25, 0.3) is 0 Å². The molecule has 2 aromatic rings. The van der Waals surface area contributed by atoms with Gasteiger partial charge in [0.05, 0.1) is 4.90 Å². The number of nitrogens with zero attached hydrogens (tertiary/aromatic N) is 2. The van der Waals surface area contributed by atoms with Crippen LogP contribution in [0.3, 0.4) is 0 Å². The lowest BCUT2D eigenvalue weighted by atomic mass is 10.2. The van der Waals surface area contributed by atoms with E-state index in [1.807, 2.05) is 37.2 Å². The van der Waals surface area contributed by atoms with Gasteiger partial charge in [0.15, 0.2) is 0 Å². The molecule has 5 heteroatoms. The minimum atomic E-state index is -3.65. The fraction of sp³-hybridized carbons (Fsp3) is 0.133. The van der Waals surface area contributed by atoms with Crippen LogP contribution in [0.2, 0.25) is 0 Å². The van der Waals surface area contributed by atoms with Gasteiger partial charge in [0.2, 0.25) is 0 Å². The van der Waals surface area contributed by atoms with Gasteiger partial charge < -0.3 is 4.90 Å². The topological polar surface area (TPSA) is 49.7 Å². The van der Waals surface area contributed by atoms with Crippen molar-refractivity contribution in [3.05, 3.63) is 60.2 Å². The Bertz CT molecular complexity index is 690. The number of rotatable bonds is 4. The minimum Gasteiger partial charge on any atom is -0.378 e. The molecule has 0 N–H and O–H groups in total. The zero-order valence-electron chi connectivity index (χ0n) is 11.4. The molecule has 0 radical (unpaired) electrons. The third-order valence-corrected chi connectivity index (χ3v) is 4.04. The van der Waals surface area contributed by atoms with Gasteiger partial charge in [-0.15, -0.1) is 0 Å². The molecule has 0 aliphatic heterocycles. The van der Waals surface area contributed by atoms with Gasteiger partial charge in [0, 0.05) is 26.0 Å². The molecule has 0 atom stereocenters. The third kappa shape index (κ3) is 3.45. The summed E-state index contributed by atoms with van der Waals surface area (Å²) in [6.07, 6.45) is 1.36. The van der Waals surface area contributed by atoms with Crippen LogP contribution in [-0.2, 0) is 10.0 Å². The predicted molar refractivity (Wildman–Crippen MR) is 82.0 cm³/mol. The number of sulfonamides is 1. The van der Waals surface area contributed by atoms with Crippen molar-refractivity contribution in [3.63, 3.8) is 0 Å². The second-order valence-corrected chi connectivity index (χ2v) is 6.14. The number of benzene rings is 2. The summed E-state index contributed by atoms with van der Waals surface area (Å²) in [6.45, 7) is 0. The molecule has 0 aliphatic carbocycles. The first kappa shape index (κ1) is 14.3. The van der Waals surface area contributed by atoms with Crippen molar-refractivity contribution in [3.8, 4) is 0 Å². The Kier molecular flexibility index (Phi) is 4.20. The lowest BCUT2D eigenvalue weighted by molar-refractivity contribution is 0.598. The van der Waals surface area contributed by atoms with Crippen LogP contribution in [0.4, 0.5) is 5.69 Å². The number of anilines is 1. The highest BCUT2D eigenvalue weighted by molar-refractivity contribution is 7.90. The second kappa shape index (κ2) is 5.88. The normalized spacial score (nSPS) is 11.7. The van der Waals surface area contributed by atoms with E-state index in [1.54, 1.807) is 36.4 Å². The predicted octanol–water partition coefficient (Wildman–Crippen LogP) is 2.56. The van der Waals surface area contributed by atoms with E-state index in [-0.39, 0.29) is 4.90 Å². The van der Waals surface area contributed by atoms with Gasteiger partial charge in [-0.05, 0) is 29.8 Å². The van der Waals surface area contributed by atoms with Crippen molar-refractivity contribution >= 4 is 21.9 Å². The van der Waals surface area contributed by atoms with Crippen LogP contribution in [0, 0.1) is 0 Å². The monoisotopic (exact) mass is 288 g/mol. The molecule has 4 nitrogen and oxygen atoms in total. The zero-order chi connectivity index (χ0) is 14.6. The first-order valence-corrected chi connectivity index (χ1v) is 7.56. The van der Waals surface area contributed by atoms with Crippen LogP contribution < -0.4 is 4.90 Å². The molecule has 0 fully saturated rings. The maximum atomic E-state index is 12.1. The SMILES string of the molecule is CN(C)c1ccc(S(=O)(=O)/N=C/c2ccccc2)cc1. The molecule has 2 aromatic carbocycles. The Morgan fingerprint density at radius 3 is 2.10 bits per heavy atom. The molecular weight excluding hydrogens is 272 g/mol. The highest BCUT2D eigenvalue weighted by Gasteiger charge is 2.11. The summed E-state index contributed by atoms with van der Waals surface area (Å²) < 4.78 is 27.9. The van der Waals surface area contributed by atoms with Crippen molar-refractivity contribution in [2.45, 2.75) is 4.90 Å². The summed E-state index contributed by atoms with van der Waals surface area (Å²) in [4.78, 5) is 2.10. The molecule has 0 amide bonds. The Hall–Kier alpha value is -2.14. The van der Waals surface area contributed by atoms with Gasteiger partial charge >= 0.3 is 0 Å². The van der Waals surface area contributed by atoms with Crippen LogP contribution in [0.5, 0.6) is 0 Å². The van der Waals surface area contributed by atoms with E-state index in [4.69, 9.17) is 0 Å². The smallest absolute Gasteiger partial charge is 0.282 e. The molecule has 20 heavy (non-hydrogen) atoms. The third-order valence-electron chi connectivity index (χ3n) is 2.79. The zero-order valence-corrected chi connectivity index (χ0v) is 12.2. The van der Waals surface area contributed by atoms with Crippen molar-refractivity contribution < 1.29 is 8.42 Å². The van der Waals surface area contributed by atoms with E-state index >= 15 is 0 Å². The summed E-state index contributed by atoms with van der Waals surface area (Å²) in [5, 5.41) is 0. The fourth-order valence-corrected chi connectivity index (χ4v) is 2.51. The van der Waals surface area contributed by atoms with Gasteiger partial charge in [-0.1, -0.05) is 30.3 Å². The largest absolute Gasteiger partial charge is 0.378 e. The summed E-state index contributed by atoms with van der Waals surface area (Å²) in [7, 11) is 0.150. The van der Waals surface area contributed by atoms with E-state index in [2.05, 4.69) is 4.40 Å². The van der Waals surface area contributed by atoms with Crippen molar-refractivity contribution in [1.82, 2.24) is 0 Å². The molecule has 0 bridgehead atoms. The highest BCUT2D eigenvalue weighted by Crippen LogP contribution is 2.17. The molecule has 0 unspecified atom stereocenters.